The van der Waals surface area contributed by atoms with E-state index < -0.39 is 6.04 Å². The first-order chi connectivity index (χ1) is 8.22. The van der Waals surface area contributed by atoms with E-state index in [0.717, 1.165) is 24.9 Å². The van der Waals surface area contributed by atoms with Gasteiger partial charge < -0.3 is 11.1 Å². The molecule has 0 aromatic carbocycles. The van der Waals surface area contributed by atoms with Crippen LogP contribution in [0.4, 0.5) is 0 Å². The van der Waals surface area contributed by atoms with Crippen molar-refractivity contribution < 1.29 is 4.79 Å². The summed E-state index contributed by atoms with van der Waals surface area (Å²) < 4.78 is 0. The Morgan fingerprint density at radius 3 is 2.26 bits per heavy atom. The largest absolute Gasteiger partial charge is 0.353 e. The van der Waals surface area contributed by atoms with E-state index >= 15 is 0 Å². The summed E-state index contributed by atoms with van der Waals surface area (Å²) in [5.74, 6) is 1.40. The summed E-state index contributed by atoms with van der Waals surface area (Å²) in [7, 11) is 0. The van der Waals surface area contributed by atoms with Gasteiger partial charge in [-0.1, -0.05) is 13.8 Å². The molecule has 1 amide bonds. The molecule has 1 saturated heterocycles. The molecule has 0 aliphatic carbocycles. The summed E-state index contributed by atoms with van der Waals surface area (Å²) in [6, 6.07) is -0.431. The van der Waals surface area contributed by atoms with Gasteiger partial charge in [-0.15, -0.1) is 12.4 Å². The number of carbonyl (C=O) groups is 1. The minimum Gasteiger partial charge on any atom is -0.353 e. The second kappa shape index (κ2) is 7.46. The Morgan fingerprint density at radius 1 is 1.37 bits per heavy atom. The van der Waals surface area contributed by atoms with Gasteiger partial charge in [-0.05, 0) is 39.0 Å². The van der Waals surface area contributed by atoms with Crippen LogP contribution in [-0.4, -0.2) is 42.0 Å². The number of nitrogens with one attached hydrogen (secondary N) is 1. The first kappa shape index (κ1) is 18.7. The van der Waals surface area contributed by atoms with Gasteiger partial charge in [0.2, 0.25) is 5.91 Å². The fourth-order valence-corrected chi connectivity index (χ4v) is 2.73. The minimum absolute atomic E-state index is 0. The molecule has 0 radical (unpaired) electrons. The number of carbonyl (C=O) groups excluding carboxylic acids is 1. The number of amides is 1. The predicted octanol–water partition coefficient (Wildman–Crippen LogP) is 1.63. The van der Waals surface area contributed by atoms with Crippen LogP contribution < -0.4 is 11.1 Å². The molecule has 0 aromatic heterocycles. The third-order valence-corrected chi connectivity index (χ3v) is 3.83. The summed E-state index contributed by atoms with van der Waals surface area (Å²) in [6.45, 7) is 13.6. The standard InChI is InChI=1S/C14H29N3O.ClH/c1-10-6-11(2)8-17(7-10)14(4,5)9-16-13(18)12(3)15;/h10-12H,6-9,15H2,1-5H3,(H,16,18);1H. The summed E-state index contributed by atoms with van der Waals surface area (Å²) >= 11 is 0. The first-order valence-corrected chi connectivity index (χ1v) is 7.00. The van der Waals surface area contributed by atoms with E-state index in [9.17, 15) is 4.79 Å². The fraction of sp³-hybridized carbons (Fsp3) is 0.929. The average molecular weight is 292 g/mol. The van der Waals surface area contributed by atoms with Gasteiger partial charge in [-0.3, -0.25) is 9.69 Å². The van der Waals surface area contributed by atoms with Gasteiger partial charge in [0, 0.05) is 25.2 Å². The summed E-state index contributed by atoms with van der Waals surface area (Å²) in [5.41, 5.74) is 5.56. The van der Waals surface area contributed by atoms with Gasteiger partial charge in [0.1, 0.15) is 0 Å². The lowest BCUT2D eigenvalue weighted by Gasteiger charge is -2.45. The molecule has 0 spiro atoms. The lowest BCUT2D eigenvalue weighted by atomic mass is 9.88. The number of nitrogens with two attached hydrogens (primary N) is 1. The first-order valence-electron chi connectivity index (χ1n) is 7.00. The summed E-state index contributed by atoms with van der Waals surface area (Å²) in [4.78, 5) is 14.0. The van der Waals surface area contributed by atoms with Crippen molar-refractivity contribution in [1.82, 2.24) is 10.2 Å². The van der Waals surface area contributed by atoms with Crippen molar-refractivity contribution in [3.8, 4) is 0 Å². The number of hydrogen-bond donors (Lipinski definition) is 2. The second-order valence-corrected chi connectivity index (χ2v) is 6.67. The molecule has 0 bridgehead atoms. The zero-order valence-electron chi connectivity index (χ0n) is 12.9. The zero-order valence-corrected chi connectivity index (χ0v) is 13.7. The molecule has 5 heteroatoms. The smallest absolute Gasteiger partial charge is 0.236 e. The van der Waals surface area contributed by atoms with Crippen LogP contribution in [0.3, 0.4) is 0 Å². The van der Waals surface area contributed by atoms with Gasteiger partial charge >= 0.3 is 0 Å². The molecule has 19 heavy (non-hydrogen) atoms. The number of halogens is 1. The van der Waals surface area contributed by atoms with E-state index in [-0.39, 0.29) is 23.9 Å². The highest BCUT2D eigenvalue weighted by Crippen LogP contribution is 2.26. The Morgan fingerprint density at radius 2 is 1.84 bits per heavy atom. The van der Waals surface area contributed by atoms with Crippen LogP contribution in [0.5, 0.6) is 0 Å². The maximum atomic E-state index is 11.5. The molecule has 4 nitrogen and oxygen atoms in total. The molecule has 3 N–H and O–H groups in total. The van der Waals surface area contributed by atoms with Crippen molar-refractivity contribution in [3.05, 3.63) is 0 Å². The molecular formula is C14H30ClN3O. The van der Waals surface area contributed by atoms with Crippen molar-refractivity contribution in [2.45, 2.75) is 52.6 Å². The van der Waals surface area contributed by atoms with Crippen LogP contribution in [0.15, 0.2) is 0 Å². The maximum Gasteiger partial charge on any atom is 0.236 e. The molecule has 1 heterocycles. The lowest BCUT2D eigenvalue weighted by molar-refractivity contribution is -0.122. The van der Waals surface area contributed by atoms with Crippen molar-refractivity contribution in [1.29, 1.82) is 0 Å². The van der Waals surface area contributed by atoms with E-state index in [1.807, 2.05) is 0 Å². The quantitative estimate of drug-likeness (QED) is 0.828. The van der Waals surface area contributed by atoms with Gasteiger partial charge in [-0.25, -0.2) is 0 Å². The van der Waals surface area contributed by atoms with Gasteiger partial charge in [0.15, 0.2) is 0 Å². The highest BCUT2D eigenvalue weighted by atomic mass is 35.5. The molecule has 3 atom stereocenters. The van der Waals surface area contributed by atoms with Crippen molar-refractivity contribution in [3.63, 3.8) is 0 Å². The molecule has 0 aromatic rings. The highest BCUT2D eigenvalue weighted by molar-refractivity contribution is 5.85. The number of likely N-dealkylation sites (tertiary alicyclic amines) is 1. The van der Waals surface area contributed by atoms with Crippen LogP contribution in [0.25, 0.3) is 0 Å². The van der Waals surface area contributed by atoms with E-state index in [1.165, 1.54) is 6.42 Å². The van der Waals surface area contributed by atoms with Crippen molar-refractivity contribution in [2.75, 3.05) is 19.6 Å². The number of nitrogens with zero attached hydrogens (tertiary/aromatic N) is 1. The van der Waals surface area contributed by atoms with Gasteiger partial charge in [-0.2, -0.15) is 0 Å². The number of hydrogen-bond acceptors (Lipinski definition) is 3. The lowest BCUT2D eigenvalue weighted by Crippen LogP contribution is -2.57. The predicted molar refractivity (Wildman–Crippen MR) is 82.5 cm³/mol. The minimum atomic E-state index is -0.431. The zero-order chi connectivity index (χ0) is 13.9. The Bertz CT molecular complexity index is 284. The Kier molecular flexibility index (Phi) is 7.33. The van der Waals surface area contributed by atoms with Gasteiger partial charge in [0.25, 0.3) is 0 Å². The highest BCUT2D eigenvalue weighted by Gasteiger charge is 2.32. The molecule has 3 unspecified atom stereocenters. The Hall–Kier alpha value is -0.320. The van der Waals surface area contributed by atoms with Crippen molar-refractivity contribution >= 4 is 18.3 Å². The topological polar surface area (TPSA) is 58.4 Å². The average Bonchev–Trinajstić information content (AvgIpc) is 2.24. The summed E-state index contributed by atoms with van der Waals surface area (Å²) in [5, 5.41) is 2.94. The maximum absolute atomic E-state index is 11.5. The van der Waals surface area contributed by atoms with Gasteiger partial charge in [0.05, 0.1) is 6.04 Å². The van der Waals surface area contributed by atoms with E-state index in [0.29, 0.717) is 6.54 Å². The molecule has 1 aliphatic rings. The third kappa shape index (κ3) is 5.67. The monoisotopic (exact) mass is 291 g/mol. The van der Waals surface area contributed by atoms with Crippen LogP contribution in [0, 0.1) is 11.8 Å². The molecule has 1 aliphatic heterocycles. The molecule has 1 rings (SSSR count). The Labute approximate surface area is 123 Å². The normalized spacial score (nSPS) is 26.4. The van der Waals surface area contributed by atoms with Crippen LogP contribution in [-0.2, 0) is 4.79 Å². The van der Waals surface area contributed by atoms with Crippen LogP contribution in [0.1, 0.15) is 41.0 Å². The SMILES string of the molecule is CC1CC(C)CN(C(C)(C)CNC(=O)C(C)N)C1.Cl. The van der Waals surface area contributed by atoms with E-state index in [2.05, 4.69) is 37.9 Å². The summed E-state index contributed by atoms with van der Waals surface area (Å²) in [6.07, 6.45) is 1.30. The molecule has 0 saturated carbocycles. The fourth-order valence-electron chi connectivity index (χ4n) is 2.73. The molecular weight excluding hydrogens is 262 g/mol. The third-order valence-electron chi connectivity index (χ3n) is 3.83. The Balaban J connectivity index is 0.00000324. The number of piperidine rings is 1. The van der Waals surface area contributed by atoms with Crippen LogP contribution in [0.2, 0.25) is 0 Å². The van der Waals surface area contributed by atoms with Crippen LogP contribution >= 0.6 is 12.4 Å². The number of rotatable bonds is 4. The van der Waals surface area contributed by atoms with E-state index in [4.69, 9.17) is 5.73 Å². The molecule has 114 valence electrons. The van der Waals surface area contributed by atoms with E-state index in [1.54, 1.807) is 6.92 Å². The second-order valence-electron chi connectivity index (χ2n) is 6.67. The molecule has 1 fully saturated rings. The van der Waals surface area contributed by atoms with Crippen molar-refractivity contribution in [2.24, 2.45) is 17.6 Å².